The van der Waals surface area contributed by atoms with Crippen molar-refractivity contribution in [2.24, 2.45) is 13.0 Å². The molecule has 1 aliphatic heterocycles. The molecular weight excluding hydrogens is 214 g/mol. The Morgan fingerprint density at radius 1 is 1.41 bits per heavy atom. The summed E-state index contributed by atoms with van der Waals surface area (Å²) in [5.41, 5.74) is 1.14. The SMILES string of the molecule is CC(CNCc1cnnn1C)CN1CCCC1. The first-order valence-electron chi connectivity index (χ1n) is 6.52. The Morgan fingerprint density at radius 2 is 2.18 bits per heavy atom. The summed E-state index contributed by atoms with van der Waals surface area (Å²) < 4.78 is 1.82. The zero-order valence-electron chi connectivity index (χ0n) is 10.9. The van der Waals surface area contributed by atoms with Gasteiger partial charge in [0.15, 0.2) is 0 Å². The van der Waals surface area contributed by atoms with E-state index in [2.05, 4.69) is 27.5 Å². The predicted octanol–water partition coefficient (Wildman–Crippen LogP) is 0.637. The van der Waals surface area contributed by atoms with Crippen molar-refractivity contribution in [3.63, 3.8) is 0 Å². The highest BCUT2D eigenvalue weighted by atomic mass is 15.4. The summed E-state index contributed by atoms with van der Waals surface area (Å²) in [5.74, 6) is 0.703. The van der Waals surface area contributed by atoms with E-state index >= 15 is 0 Å². The molecule has 1 saturated heterocycles. The zero-order chi connectivity index (χ0) is 12.1. The number of aryl methyl sites for hydroxylation is 1. The van der Waals surface area contributed by atoms with Gasteiger partial charge >= 0.3 is 0 Å². The van der Waals surface area contributed by atoms with Gasteiger partial charge in [-0.1, -0.05) is 12.1 Å². The summed E-state index contributed by atoms with van der Waals surface area (Å²) in [6.45, 7) is 8.02. The molecule has 1 N–H and O–H groups in total. The van der Waals surface area contributed by atoms with Crippen molar-refractivity contribution in [2.45, 2.75) is 26.3 Å². The molecule has 0 radical (unpaired) electrons. The molecule has 1 aromatic rings. The van der Waals surface area contributed by atoms with Crippen molar-refractivity contribution in [3.05, 3.63) is 11.9 Å². The lowest BCUT2D eigenvalue weighted by atomic mass is 10.1. The van der Waals surface area contributed by atoms with E-state index in [1.807, 2.05) is 17.9 Å². The van der Waals surface area contributed by atoms with Crippen LogP contribution in [0.1, 0.15) is 25.5 Å². The highest BCUT2D eigenvalue weighted by Crippen LogP contribution is 2.09. The molecule has 1 aromatic heterocycles. The van der Waals surface area contributed by atoms with Crippen molar-refractivity contribution in [3.8, 4) is 0 Å². The van der Waals surface area contributed by atoms with Gasteiger partial charge in [0.2, 0.25) is 0 Å². The maximum absolute atomic E-state index is 3.92. The number of aromatic nitrogens is 3. The summed E-state index contributed by atoms with van der Waals surface area (Å²) in [7, 11) is 1.93. The molecule has 0 aromatic carbocycles. The van der Waals surface area contributed by atoms with Gasteiger partial charge in [-0.3, -0.25) is 4.68 Å². The molecule has 1 fully saturated rings. The van der Waals surface area contributed by atoms with Crippen LogP contribution in [0.2, 0.25) is 0 Å². The monoisotopic (exact) mass is 237 g/mol. The molecule has 96 valence electrons. The largest absolute Gasteiger partial charge is 0.311 e. The third-order valence-corrected chi connectivity index (χ3v) is 3.38. The number of nitrogens with one attached hydrogen (secondary N) is 1. The summed E-state index contributed by atoms with van der Waals surface area (Å²) in [4.78, 5) is 2.57. The van der Waals surface area contributed by atoms with Gasteiger partial charge in [-0.2, -0.15) is 0 Å². The molecule has 0 saturated carbocycles. The van der Waals surface area contributed by atoms with E-state index in [0.717, 1.165) is 18.8 Å². The van der Waals surface area contributed by atoms with Gasteiger partial charge in [-0.25, -0.2) is 0 Å². The van der Waals surface area contributed by atoms with E-state index in [0.29, 0.717) is 5.92 Å². The van der Waals surface area contributed by atoms with E-state index in [9.17, 15) is 0 Å². The minimum absolute atomic E-state index is 0.703. The van der Waals surface area contributed by atoms with E-state index in [-0.39, 0.29) is 0 Å². The summed E-state index contributed by atoms with van der Waals surface area (Å²) >= 11 is 0. The molecule has 1 unspecified atom stereocenters. The van der Waals surface area contributed by atoms with E-state index in [1.165, 1.54) is 32.5 Å². The minimum atomic E-state index is 0.703. The molecule has 0 bridgehead atoms. The second-order valence-corrected chi connectivity index (χ2v) is 5.09. The van der Waals surface area contributed by atoms with Crippen LogP contribution in [0, 0.1) is 5.92 Å². The highest BCUT2D eigenvalue weighted by molar-refractivity contribution is 4.92. The number of likely N-dealkylation sites (tertiary alicyclic amines) is 1. The van der Waals surface area contributed by atoms with E-state index in [4.69, 9.17) is 0 Å². The van der Waals surface area contributed by atoms with Gasteiger partial charge < -0.3 is 10.2 Å². The average molecular weight is 237 g/mol. The smallest absolute Gasteiger partial charge is 0.0738 e. The molecule has 0 aliphatic carbocycles. The normalized spacial score (nSPS) is 18.7. The number of hydrogen-bond donors (Lipinski definition) is 1. The van der Waals surface area contributed by atoms with Crippen LogP contribution in [0.15, 0.2) is 6.20 Å². The zero-order valence-corrected chi connectivity index (χ0v) is 10.9. The fraction of sp³-hybridized carbons (Fsp3) is 0.833. The summed E-state index contributed by atoms with van der Waals surface area (Å²) in [5, 5.41) is 11.3. The molecule has 0 amide bonds. The Kier molecular flexibility index (Phi) is 4.50. The Hall–Kier alpha value is -0.940. The van der Waals surface area contributed by atoms with Crippen molar-refractivity contribution < 1.29 is 0 Å². The molecule has 5 heteroatoms. The third-order valence-electron chi connectivity index (χ3n) is 3.38. The van der Waals surface area contributed by atoms with Crippen LogP contribution in [-0.2, 0) is 13.6 Å². The number of nitrogens with zero attached hydrogens (tertiary/aromatic N) is 4. The van der Waals surface area contributed by atoms with Crippen molar-refractivity contribution in [1.29, 1.82) is 0 Å². The maximum Gasteiger partial charge on any atom is 0.0738 e. The maximum atomic E-state index is 3.92. The van der Waals surface area contributed by atoms with Gasteiger partial charge in [-0.05, 0) is 38.4 Å². The molecule has 17 heavy (non-hydrogen) atoms. The van der Waals surface area contributed by atoms with Crippen molar-refractivity contribution in [1.82, 2.24) is 25.2 Å². The van der Waals surface area contributed by atoms with Crippen molar-refractivity contribution >= 4 is 0 Å². The highest BCUT2D eigenvalue weighted by Gasteiger charge is 2.14. The van der Waals surface area contributed by atoms with Crippen LogP contribution in [0.5, 0.6) is 0 Å². The molecule has 1 atom stereocenters. The molecule has 2 rings (SSSR count). The van der Waals surface area contributed by atoms with Gasteiger partial charge in [0.25, 0.3) is 0 Å². The fourth-order valence-corrected chi connectivity index (χ4v) is 2.39. The Bertz CT molecular complexity index is 329. The van der Waals surface area contributed by atoms with Gasteiger partial charge in [0.1, 0.15) is 0 Å². The first-order valence-corrected chi connectivity index (χ1v) is 6.52. The Labute approximate surface area is 103 Å². The predicted molar refractivity (Wildman–Crippen MR) is 67.5 cm³/mol. The van der Waals surface area contributed by atoms with Gasteiger partial charge in [-0.15, -0.1) is 5.10 Å². The van der Waals surface area contributed by atoms with Crippen LogP contribution in [0.4, 0.5) is 0 Å². The lowest BCUT2D eigenvalue weighted by Gasteiger charge is -2.20. The quantitative estimate of drug-likeness (QED) is 0.788. The standard InChI is InChI=1S/C12H23N5/c1-11(10-17-5-3-4-6-17)7-13-8-12-9-14-15-16(12)2/h9,11,13H,3-8,10H2,1-2H3. The van der Waals surface area contributed by atoms with Crippen molar-refractivity contribution in [2.75, 3.05) is 26.2 Å². The number of hydrogen-bond acceptors (Lipinski definition) is 4. The van der Waals surface area contributed by atoms with Gasteiger partial charge in [0, 0.05) is 20.1 Å². The second kappa shape index (κ2) is 6.12. The second-order valence-electron chi connectivity index (χ2n) is 5.09. The van der Waals surface area contributed by atoms with Crippen LogP contribution in [0.3, 0.4) is 0 Å². The first kappa shape index (κ1) is 12.5. The summed E-state index contributed by atoms with van der Waals surface area (Å²) in [6.07, 6.45) is 4.57. The average Bonchev–Trinajstić information content (AvgIpc) is 2.91. The fourth-order valence-electron chi connectivity index (χ4n) is 2.39. The molecule has 5 nitrogen and oxygen atoms in total. The molecule has 2 heterocycles. The van der Waals surface area contributed by atoms with Gasteiger partial charge in [0.05, 0.1) is 11.9 Å². The number of rotatable bonds is 6. The van der Waals surface area contributed by atoms with E-state index < -0.39 is 0 Å². The minimum Gasteiger partial charge on any atom is -0.311 e. The van der Waals surface area contributed by atoms with Crippen LogP contribution in [-0.4, -0.2) is 46.1 Å². The molecule has 0 spiro atoms. The summed E-state index contributed by atoms with van der Waals surface area (Å²) in [6, 6.07) is 0. The molecular formula is C12H23N5. The van der Waals surface area contributed by atoms with Crippen LogP contribution in [0.25, 0.3) is 0 Å². The lowest BCUT2D eigenvalue weighted by Crippen LogP contribution is -2.31. The lowest BCUT2D eigenvalue weighted by molar-refractivity contribution is 0.282. The molecule has 1 aliphatic rings. The topological polar surface area (TPSA) is 46.0 Å². The van der Waals surface area contributed by atoms with Crippen LogP contribution < -0.4 is 5.32 Å². The Balaban J connectivity index is 1.62. The third kappa shape index (κ3) is 3.78. The van der Waals surface area contributed by atoms with Crippen LogP contribution >= 0.6 is 0 Å². The Morgan fingerprint density at radius 3 is 2.82 bits per heavy atom. The first-order chi connectivity index (χ1) is 8.25. The van der Waals surface area contributed by atoms with E-state index in [1.54, 1.807) is 0 Å².